The molecule has 0 bridgehead atoms. The highest BCUT2D eigenvalue weighted by molar-refractivity contribution is 6.40. The van der Waals surface area contributed by atoms with E-state index >= 15 is 0 Å². The first-order chi connectivity index (χ1) is 7.54. The van der Waals surface area contributed by atoms with E-state index in [0.29, 0.717) is 33.3 Å². The van der Waals surface area contributed by atoms with E-state index in [1.54, 1.807) is 12.1 Å². The predicted molar refractivity (Wildman–Crippen MR) is 70.1 cm³/mol. The molecule has 16 heavy (non-hydrogen) atoms. The molecule has 0 spiro atoms. The molecule has 0 aliphatic rings. The summed E-state index contributed by atoms with van der Waals surface area (Å²) in [5, 5.41) is 4.46. The second kappa shape index (κ2) is 6.55. The zero-order valence-electron chi connectivity index (χ0n) is 9.19. The third kappa shape index (κ3) is 4.02. The quantitative estimate of drug-likeness (QED) is 0.885. The maximum atomic E-state index is 5.99. The first-order valence-electron chi connectivity index (χ1n) is 4.96. The summed E-state index contributed by atoms with van der Waals surface area (Å²) < 4.78 is 5.57. The molecule has 0 saturated carbocycles. The number of rotatable bonds is 5. The number of halogens is 3. The van der Waals surface area contributed by atoms with Crippen LogP contribution in [0, 0.1) is 5.92 Å². The van der Waals surface area contributed by atoms with Gasteiger partial charge in [-0.15, -0.1) is 0 Å². The average molecular weight is 283 g/mol. The fourth-order valence-electron chi connectivity index (χ4n) is 1.30. The second-order valence-corrected chi connectivity index (χ2v) is 4.92. The standard InChI is InChI=1S/C11H14Cl3NO/c1-7(5-15-2)6-16-11-9(13)3-8(12)4-10(11)14/h3-4,7,15H,5-6H2,1-2H3. The van der Waals surface area contributed by atoms with Gasteiger partial charge in [0.25, 0.3) is 0 Å². The first-order valence-corrected chi connectivity index (χ1v) is 6.10. The maximum absolute atomic E-state index is 5.99. The molecule has 0 radical (unpaired) electrons. The zero-order chi connectivity index (χ0) is 12.1. The molecule has 1 aromatic rings. The minimum atomic E-state index is 0.382. The topological polar surface area (TPSA) is 21.3 Å². The molecule has 1 unspecified atom stereocenters. The van der Waals surface area contributed by atoms with E-state index in [1.165, 1.54) is 0 Å². The van der Waals surface area contributed by atoms with Crippen LogP contribution in [0.2, 0.25) is 15.1 Å². The van der Waals surface area contributed by atoms with Crippen molar-refractivity contribution in [2.24, 2.45) is 5.92 Å². The van der Waals surface area contributed by atoms with Crippen LogP contribution in [0.15, 0.2) is 12.1 Å². The number of hydrogen-bond donors (Lipinski definition) is 1. The van der Waals surface area contributed by atoms with Crippen LogP contribution in [0.4, 0.5) is 0 Å². The highest BCUT2D eigenvalue weighted by atomic mass is 35.5. The third-order valence-electron chi connectivity index (χ3n) is 2.03. The van der Waals surface area contributed by atoms with Gasteiger partial charge in [0.15, 0.2) is 5.75 Å². The molecule has 0 aromatic heterocycles. The molecule has 1 aromatic carbocycles. The number of hydrogen-bond acceptors (Lipinski definition) is 2. The lowest BCUT2D eigenvalue weighted by atomic mass is 10.2. The molecular weight excluding hydrogens is 268 g/mol. The van der Waals surface area contributed by atoms with Crippen molar-refractivity contribution < 1.29 is 4.74 Å². The monoisotopic (exact) mass is 281 g/mol. The average Bonchev–Trinajstić information content (AvgIpc) is 2.16. The van der Waals surface area contributed by atoms with Crippen molar-refractivity contribution in [3.63, 3.8) is 0 Å². The Balaban J connectivity index is 2.67. The van der Waals surface area contributed by atoms with E-state index in [9.17, 15) is 0 Å². The summed E-state index contributed by atoms with van der Waals surface area (Å²) in [4.78, 5) is 0. The van der Waals surface area contributed by atoms with Gasteiger partial charge in [0.05, 0.1) is 16.7 Å². The Morgan fingerprint density at radius 2 is 1.81 bits per heavy atom. The summed E-state index contributed by atoms with van der Waals surface area (Å²) in [5.74, 6) is 0.878. The molecule has 0 aliphatic heterocycles. The predicted octanol–water partition coefficient (Wildman–Crippen LogP) is 3.88. The molecule has 1 N–H and O–H groups in total. The van der Waals surface area contributed by atoms with E-state index in [4.69, 9.17) is 39.5 Å². The van der Waals surface area contributed by atoms with Crippen molar-refractivity contribution in [2.45, 2.75) is 6.92 Å². The Labute approximate surface area is 111 Å². The molecule has 1 atom stereocenters. The molecule has 0 saturated heterocycles. The lowest BCUT2D eigenvalue weighted by Gasteiger charge is -2.14. The number of nitrogens with one attached hydrogen (secondary N) is 1. The van der Waals surface area contributed by atoms with Crippen LogP contribution in [0.5, 0.6) is 5.75 Å². The lowest BCUT2D eigenvalue weighted by Crippen LogP contribution is -2.21. The van der Waals surface area contributed by atoms with Gasteiger partial charge < -0.3 is 10.1 Å². The Hall–Kier alpha value is -0.150. The fourth-order valence-corrected chi connectivity index (χ4v) is 2.23. The van der Waals surface area contributed by atoms with Gasteiger partial charge in [-0.3, -0.25) is 0 Å². The van der Waals surface area contributed by atoms with Crippen molar-refractivity contribution in [1.29, 1.82) is 0 Å². The van der Waals surface area contributed by atoms with Gasteiger partial charge in [0.1, 0.15) is 0 Å². The SMILES string of the molecule is CNCC(C)COc1c(Cl)cc(Cl)cc1Cl. The van der Waals surface area contributed by atoms with E-state index < -0.39 is 0 Å². The van der Waals surface area contributed by atoms with Crippen LogP contribution in [-0.2, 0) is 0 Å². The van der Waals surface area contributed by atoms with E-state index in [0.717, 1.165) is 6.54 Å². The molecule has 0 aliphatic carbocycles. The van der Waals surface area contributed by atoms with Crippen molar-refractivity contribution in [3.8, 4) is 5.75 Å². The van der Waals surface area contributed by atoms with Gasteiger partial charge in [-0.2, -0.15) is 0 Å². The molecule has 2 nitrogen and oxygen atoms in total. The lowest BCUT2D eigenvalue weighted by molar-refractivity contribution is 0.258. The van der Waals surface area contributed by atoms with Crippen molar-refractivity contribution in [3.05, 3.63) is 27.2 Å². The Kier molecular flexibility index (Phi) is 5.70. The summed E-state index contributed by atoms with van der Waals surface area (Å²) >= 11 is 17.8. The summed E-state index contributed by atoms with van der Waals surface area (Å²) in [7, 11) is 1.90. The van der Waals surface area contributed by atoms with E-state index in [1.807, 2.05) is 7.05 Å². The largest absolute Gasteiger partial charge is 0.490 e. The van der Waals surface area contributed by atoms with E-state index in [-0.39, 0.29) is 0 Å². The molecule has 5 heteroatoms. The third-order valence-corrected chi connectivity index (χ3v) is 2.81. The van der Waals surface area contributed by atoms with Gasteiger partial charge in [-0.25, -0.2) is 0 Å². The molecule has 90 valence electrons. The smallest absolute Gasteiger partial charge is 0.156 e. The molecule has 1 rings (SSSR count). The maximum Gasteiger partial charge on any atom is 0.156 e. The summed E-state index contributed by atoms with van der Waals surface area (Å²) in [6.45, 7) is 3.51. The molecule has 0 amide bonds. The number of benzene rings is 1. The van der Waals surface area contributed by atoms with Crippen LogP contribution in [0.1, 0.15) is 6.92 Å². The highest BCUT2D eigenvalue weighted by Crippen LogP contribution is 2.35. The summed E-state index contributed by atoms with van der Waals surface area (Å²) in [6, 6.07) is 3.24. The molecule has 0 fully saturated rings. The normalized spacial score (nSPS) is 12.6. The summed E-state index contributed by atoms with van der Waals surface area (Å²) in [6.07, 6.45) is 0. The summed E-state index contributed by atoms with van der Waals surface area (Å²) in [5.41, 5.74) is 0. The van der Waals surface area contributed by atoms with E-state index in [2.05, 4.69) is 12.2 Å². The minimum Gasteiger partial charge on any atom is -0.490 e. The van der Waals surface area contributed by atoms with Crippen LogP contribution < -0.4 is 10.1 Å². The Bertz CT molecular complexity index is 334. The van der Waals surface area contributed by atoms with Crippen LogP contribution in [0.3, 0.4) is 0 Å². The Morgan fingerprint density at radius 1 is 1.25 bits per heavy atom. The van der Waals surface area contributed by atoms with Crippen LogP contribution in [0.25, 0.3) is 0 Å². The van der Waals surface area contributed by atoms with Gasteiger partial charge in [0.2, 0.25) is 0 Å². The minimum absolute atomic E-state index is 0.382. The highest BCUT2D eigenvalue weighted by Gasteiger charge is 2.10. The second-order valence-electron chi connectivity index (χ2n) is 3.67. The number of ether oxygens (including phenoxy) is 1. The van der Waals surface area contributed by atoms with Crippen molar-refractivity contribution in [1.82, 2.24) is 5.32 Å². The first kappa shape index (κ1) is 13.9. The zero-order valence-corrected chi connectivity index (χ0v) is 11.5. The van der Waals surface area contributed by atoms with Crippen molar-refractivity contribution in [2.75, 3.05) is 20.2 Å². The van der Waals surface area contributed by atoms with Crippen molar-refractivity contribution >= 4 is 34.8 Å². The van der Waals surface area contributed by atoms with Crippen LogP contribution in [-0.4, -0.2) is 20.2 Å². The van der Waals surface area contributed by atoms with Crippen LogP contribution >= 0.6 is 34.8 Å². The fraction of sp³-hybridized carbons (Fsp3) is 0.455. The van der Waals surface area contributed by atoms with Gasteiger partial charge in [-0.05, 0) is 19.2 Å². The van der Waals surface area contributed by atoms with Gasteiger partial charge in [-0.1, -0.05) is 41.7 Å². The van der Waals surface area contributed by atoms with Gasteiger partial charge >= 0.3 is 0 Å². The Morgan fingerprint density at radius 3 is 2.31 bits per heavy atom. The molecule has 0 heterocycles. The molecular formula is C11H14Cl3NO. The van der Waals surface area contributed by atoms with Gasteiger partial charge in [0, 0.05) is 17.5 Å².